The van der Waals surface area contributed by atoms with Crippen LogP contribution in [0.3, 0.4) is 0 Å². The Morgan fingerprint density at radius 1 is 1.50 bits per heavy atom. The van der Waals surface area contributed by atoms with Gasteiger partial charge in [0.15, 0.2) is 0 Å². The van der Waals surface area contributed by atoms with Gasteiger partial charge in [0.25, 0.3) is 0 Å². The van der Waals surface area contributed by atoms with Crippen LogP contribution in [0.15, 0.2) is 17.0 Å². The van der Waals surface area contributed by atoms with Crippen LogP contribution in [-0.4, -0.2) is 25.8 Å². The molecule has 6 heteroatoms. The fraction of sp³-hybridized carbons (Fsp3) is 0.333. The number of anilines is 1. The maximum Gasteiger partial charge on any atom is 0.244 e. The van der Waals surface area contributed by atoms with Gasteiger partial charge in [0, 0.05) is 6.54 Å². The minimum Gasteiger partial charge on any atom is -0.397 e. The largest absolute Gasteiger partial charge is 0.397 e. The van der Waals surface area contributed by atoms with Crippen LogP contribution in [-0.2, 0) is 10.0 Å². The summed E-state index contributed by atoms with van der Waals surface area (Å²) >= 11 is 5.91. The van der Waals surface area contributed by atoms with Crippen LogP contribution in [0.5, 0.6) is 0 Å². The van der Waals surface area contributed by atoms with Gasteiger partial charge in [0.05, 0.1) is 22.2 Å². The molecule has 0 atom stereocenters. The molecule has 0 spiro atoms. The molecule has 1 rings (SSSR count). The second-order valence-corrected chi connectivity index (χ2v) is 6.09. The van der Waals surface area contributed by atoms with Gasteiger partial charge in [-0.2, -0.15) is 4.31 Å². The topological polar surface area (TPSA) is 63.4 Å². The summed E-state index contributed by atoms with van der Waals surface area (Å²) in [7, 11) is -3.62. The summed E-state index contributed by atoms with van der Waals surface area (Å²) in [5.41, 5.74) is 6.54. The summed E-state index contributed by atoms with van der Waals surface area (Å²) in [6.45, 7) is 3.75. The molecule has 0 bridgehead atoms. The van der Waals surface area contributed by atoms with E-state index in [1.54, 1.807) is 13.8 Å². The molecule has 0 heterocycles. The number of hydrogen-bond acceptors (Lipinski definition) is 3. The SMILES string of the molecule is C#CCN(CC)S(=O)(=O)c1cc(C)c(Cl)c(N)c1. The zero-order valence-corrected chi connectivity index (χ0v) is 11.8. The fourth-order valence-corrected chi connectivity index (χ4v) is 3.12. The van der Waals surface area contributed by atoms with E-state index in [1.165, 1.54) is 16.4 Å². The van der Waals surface area contributed by atoms with Gasteiger partial charge in [-0.25, -0.2) is 8.42 Å². The predicted molar refractivity (Wildman–Crippen MR) is 73.9 cm³/mol. The van der Waals surface area contributed by atoms with Crippen molar-refractivity contribution in [1.82, 2.24) is 4.31 Å². The number of halogens is 1. The van der Waals surface area contributed by atoms with Gasteiger partial charge in [0.1, 0.15) is 0 Å². The summed E-state index contributed by atoms with van der Waals surface area (Å²) in [4.78, 5) is 0.110. The van der Waals surface area contributed by atoms with Gasteiger partial charge < -0.3 is 5.73 Å². The van der Waals surface area contributed by atoms with E-state index in [9.17, 15) is 8.42 Å². The zero-order valence-electron chi connectivity index (χ0n) is 10.3. The van der Waals surface area contributed by atoms with Crippen LogP contribution < -0.4 is 5.73 Å². The lowest BCUT2D eigenvalue weighted by molar-refractivity contribution is 0.464. The van der Waals surface area contributed by atoms with Crippen molar-refractivity contribution >= 4 is 27.3 Å². The maximum absolute atomic E-state index is 12.3. The molecule has 1 aromatic rings. The number of nitrogens with two attached hydrogens (primary N) is 1. The first kappa shape index (κ1) is 14.8. The van der Waals surface area contributed by atoms with E-state index in [0.29, 0.717) is 17.1 Å². The third-order valence-corrected chi connectivity index (χ3v) is 4.93. The molecule has 0 amide bonds. The lowest BCUT2D eigenvalue weighted by atomic mass is 10.2. The van der Waals surface area contributed by atoms with Gasteiger partial charge >= 0.3 is 0 Å². The van der Waals surface area contributed by atoms with E-state index in [2.05, 4.69) is 5.92 Å². The van der Waals surface area contributed by atoms with Crippen LogP contribution in [0.4, 0.5) is 5.69 Å². The molecule has 18 heavy (non-hydrogen) atoms. The van der Waals surface area contributed by atoms with Crippen molar-refractivity contribution in [3.8, 4) is 12.3 Å². The van der Waals surface area contributed by atoms with E-state index < -0.39 is 10.0 Å². The number of hydrogen-bond donors (Lipinski definition) is 1. The third kappa shape index (κ3) is 2.78. The molecule has 0 aliphatic rings. The summed E-state index contributed by atoms with van der Waals surface area (Å²) in [5, 5.41) is 0.369. The van der Waals surface area contributed by atoms with Crippen molar-refractivity contribution in [3.63, 3.8) is 0 Å². The maximum atomic E-state index is 12.3. The Bertz CT molecular complexity index is 568. The fourth-order valence-electron chi connectivity index (χ4n) is 1.53. The number of terminal acetylenes is 1. The third-order valence-electron chi connectivity index (χ3n) is 2.51. The monoisotopic (exact) mass is 286 g/mol. The number of nitrogens with zero attached hydrogens (tertiary/aromatic N) is 1. The van der Waals surface area contributed by atoms with Gasteiger partial charge in [-0.15, -0.1) is 6.42 Å². The molecule has 0 saturated carbocycles. The zero-order chi connectivity index (χ0) is 13.9. The Morgan fingerprint density at radius 3 is 2.56 bits per heavy atom. The number of sulfonamides is 1. The van der Waals surface area contributed by atoms with E-state index in [-0.39, 0.29) is 17.1 Å². The molecule has 1 aromatic carbocycles. The van der Waals surface area contributed by atoms with Gasteiger partial charge in [-0.05, 0) is 24.6 Å². The van der Waals surface area contributed by atoms with Crippen LogP contribution in [0.25, 0.3) is 0 Å². The van der Waals surface area contributed by atoms with Gasteiger partial charge in [0.2, 0.25) is 10.0 Å². The summed E-state index contributed by atoms with van der Waals surface area (Å²) in [5.74, 6) is 2.32. The van der Waals surface area contributed by atoms with E-state index >= 15 is 0 Å². The Balaban J connectivity index is 3.33. The lowest BCUT2D eigenvalue weighted by Gasteiger charge is -2.18. The van der Waals surface area contributed by atoms with Crippen molar-refractivity contribution in [2.45, 2.75) is 18.7 Å². The van der Waals surface area contributed by atoms with Gasteiger partial charge in [-0.3, -0.25) is 0 Å². The Hall–Kier alpha value is -1.22. The summed E-state index contributed by atoms with van der Waals surface area (Å²) in [6, 6.07) is 2.84. The molecule has 0 aliphatic carbocycles. The number of rotatable bonds is 4. The van der Waals surface area contributed by atoms with Crippen molar-refractivity contribution < 1.29 is 8.42 Å². The lowest BCUT2D eigenvalue weighted by Crippen LogP contribution is -2.31. The average molecular weight is 287 g/mol. The average Bonchev–Trinajstić information content (AvgIpc) is 2.31. The minimum atomic E-state index is -3.62. The van der Waals surface area contributed by atoms with Crippen molar-refractivity contribution in [1.29, 1.82) is 0 Å². The molecular formula is C12H15ClN2O2S. The summed E-state index contributed by atoms with van der Waals surface area (Å²) < 4.78 is 25.8. The highest BCUT2D eigenvalue weighted by Gasteiger charge is 2.23. The molecule has 0 aliphatic heterocycles. The first-order chi connectivity index (χ1) is 8.34. The number of aryl methyl sites for hydroxylation is 1. The van der Waals surface area contributed by atoms with Crippen molar-refractivity contribution in [2.24, 2.45) is 0 Å². The molecule has 0 aromatic heterocycles. The second kappa shape index (κ2) is 5.61. The first-order valence-electron chi connectivity index (χ1n) is 5.33. The highest BCUT2D eigenvalue weighted by molar-refractivity contribution is 7.89. The molecule has 4 nitrogen and oxygen atoms in total. The molecule has 0 unspecified atom stereocenters. The van der Waals surface area contributed by atoms with E-state index in [4.69, 9.17) is 23.8 Å². The van der Waals surface area contributed by atoms with Crippen LogP contribution in [0, 0.1) is 19.3 Å². The Morgan fingerprint density at radius 2 is 2.11 bits per heavy atom. The highest BCUT2D eigenvalue weighted by atomic mass is 35.5. The number of benzene rings is 1. The molecule has 98 valence electrons. The second-order valence-electron chi connectivity index (χ2n) is 3.78. The highest BCUT2D eigenvalue weighted by Crippen LogP contribution is 2.28. The smallest absolute Gasteiger partial charge is 0.244 e. The van der Waals surface area contributed by atoms with Crippen molar-refractivity contribution in [2.75, 3.05) is 18.8 Å². The predicted octanol–water partition coefficient (Wildman–Crippen LogP) is 1.87. The quantitative estimate of drug-likeness (QED) is 0.679. The van der Waals surface area contributed by atoms with E-state index in [1.807, 2.05) is 0 Å². The normalized spacial score (nSPS) is 11.5. The molecule has 0 saturated heterocycles. The first-order valence-corrected chi connectivity index (χ1v) is 7.15. The van der Waals surface area contributed by atoms with Crippen molar-refractivity contribution in [3.05, 3.63) is 22.7 Å². The van der Waals surface area contributed by atoms with Crippen LogP contribution in [0.1, 0.15) is 12.5 Å². The number of nitrogen functional groups attached to an aromatic ring is 1. The Labute approximate surface area is 113 Å². The molecule has 0 fully saturated rings. The molecular weight excluding hydrogens is 272 g/mol. The molecule has 0 radical (unpaired) electrons. The minimum absolute atomic E-state index is 0.0282. The summed E-state index contributed by atoms with van der Waals surface area (Å²) in [6.07, 6.45) is 5.16. The van der Waals surface area contributed by atoms with Crippen LogP contribution in [0.2, 0.25) is 5.02 Å². The molecule has 2 N–H and O–H groups in total. The Kier molecular flexibility index (Phi) is 4.63. The van der Waals surface area contributed by atoms with E-state index in [0.717, 1.165) is 0 Å². The van der Waals surface area contributed by atoms with Gasteiger partial charge in [-0.1, -0.05) is 24.4 Å². The van der Waals surface area contributed by atoms with Crippen LogP contribution >= 0.6 is 11.6 Å². The standard InChI is InChI=1S/C12H15ClN2O2S/c1-4-6-15(5-2)18(16,17)10-7-9(3)12(13)11(14)8-10/h1,7-8H,5-6,14H2,2-3H3.